The summed E-state index contributed by atoms with van der Waals surface area (Å²) in [5, 5.41) is 35.6. The second-order valence-corrected chi connectivity index (χ2v) is 9.44. The van der Waals surface area contributed by atoms with Crippen LogP contribution in [0, 0.1) is 5.92 Å². The first kappa shape index (κ1) is 30.3. The van der Waals surface area contributed by atoms with E-state index >= 15 is 0 Å². The van der Waals surface area contributed by atoms with Gasteiger partial charge in [0.05, 0.1) is 12.6 Å². The Balaban J connectivity index is 2.05. The molecule has 0 saturated carbocycles. The van der Waals surface area contributed by atoms with Gasteiger partial charge in [-0.1, -0.05) is 32.0 Å². The van der Waals surface area contributed by atoms with Gasteiger partial charge in [0.2, 0.25) is 17.7 Å². The molecular weight excluding hydrogens is 498 g/mol. The maximum atomic E-state index is 13.0. The number of hydrogen-bond donors (Lipinski definition) is 8. The van der Waals surface area contributed by atoms with Gasteiger partial charge in [0.1, 0.15) is 18.1 Å². The molecular formula is C25H35N5O8. The van der Waals surface area contributed by atoms with E-state index in [1.54, 1.807) is 6.20 Å². The Labute approximate surface area is 219 Å². The third-order valence-electron chi connectivity index (χ3n) is 5.87. The number of aromatic amines is 1. The number of para-hydroxylation sites is 1. The molecule has 0 fully saturated rings. The molecule has 0 bridgehead atoms. The maximum Gasteiger partial charge on any atom is 0.326 e. The fourth-order valence-corrected chi connectivity index (χ4v) is 3.88. The average molecular weight is 534 g/mol. The molecule has 0 spiro atoms. The number of H-pyrrole nitrogens is 1. The lowest BCUT2D eigenvalue weighted by Crippen LogP contribution is -2.58. The summed E-state index contributed by atoms with van der Waals surface area (Å²) in [5.74, 6) is -5.10. The number of nitrogens with two attached hydrogens (primary N) is 1. The first-order chi connectivity index (χ1) is 17.9. The van der Waals surface area contributed by atoms with Crippen LogP contribution in [0.4, 0.5) is 0 Å². The van der Waals surface area contributed by atoms with E-state index in [1.807, 2.05) is 38.1 Å². The standard InChI is InChI=1S/C25H35N5O8/c1-13(2)9-19(29-22(34)16(26)10-14-11-27-17-6-4-3-5-15(14)17)23(35)30-20(12-31)24(36)28-18(25(37)38)7-8-21(32)33/h3-6,11,13,16,18-20,27,31H,7-10,12,26H2,1-2H3,(H,28,36)(H,29,34)(H,30,35)(H,32,33)(H,37,38). The lowest BCUT2D eigenvalue weighted by molar-refractivity contribution is -0.143. The summed E-state index contributed by atoms with van der Waals surface area (Å²) in [6.45, 7) is 2.80. The van der Waals surface area contributed by atoms with Crippen LogP contribution in [0.5, 0.6) is 0 Å². The van der Waals surface area contributed by atoms with Crippen LogP contribution < -0.4 is 21.7 Å². The predicted molar refractivity (Wildman–Crippen MR) is 137 cm³/mol. The number of carboxylic acid groups (broad SMARTS) is 2. The Bertz CT molecular complexity index is 1150. The summed E-state index contributed by atoms with van der Waals surface area (Å²) in [7, 11) is 0. The Morgan fingerprint density at radius 2 is 1.53 bits per heavy atom. The zero-order valence-corrected chi connectivity index (χ0v) is 21.3. The van der Waals surface area contributed by atoms with Crippen molar-refractivity contribution in [3.05, 3.63) is 36.0 Å². The topological polar surface area (TPSA) is 224 Å². The van der Waals surface area contributed by atoms with Gasteiger partial charge in [-0.25, -0.2) is 4.79 Å². The second kappa shape index (κ2) is 14.1. The molecule has 13 nitrogen and oxygen atoms in total. The first-order valence-electron chi connectivity index (χ1n) is 12.2. The maximum absolute atomic E-state index is 13.0. The molecule has 0 saturated heterocycles. The Morgan fingerprint density at radius 1 is 0.921 bits per heavy atom. The van der Waals surface area contributed by atoms with Crippen molar-refractivity contribution in [3.8, 4) is 0 Å². The van der Waals surface area contributed by atoms with Crippen LogP contribution in [-0.2, 0) is 30.4 Å². The molecule has 0 aliphatic carbocycles. The number of fused-ring (bicyclic) bond motifs is 1. The number of aliphatic hydroxyl groups excluding tert-OH is 1. The summed E-state index contributed by atoms with van der Waals surface area (Å²) < 4.78 is 0. The van der Waals surface area contributed by atoms with Gasteiger partial charge in [0.25, 0.3) is 0 Å². The van der Waals surface area contributed by atoms with Gasteiger partial charge in [-0.3, -0.25) is 19.2 Å². The van der Waals surface area contributed by atoms with E-state index in [0.717, 1.165) is 16.5 Å². The molecule has 13 heteroatoms. The third-order valence-corrected chi connectivity index (χ3v) is 5.87. The van der Waals surface area contributed by atoms with Crippen LogP contribution in [-0.4, -0.2) is 80.7 Å². The molecule has 0 aliphatic heterocycles. The number of carbonyl (C=O) groups is 5. The van der Waals surface area contributed by atoms with Gasteiger partial charge in [0, 0.05) is 23.5 Å². The average Bonchev–Trinajstić information content (AvgIpc) is 3.26. The monoisotopic (exact) mass is 533 g/mol. The van der Waals surface area contributed by atoms with E-state index in [-0.39, 0.29) is 25.2 Å². The molecule has 3 amide bonds. The van der Waals surface area contributed by atoms with Crippen LogP contribution in [0.2, 0.25) is 0 Å². The first-order valence-corrected chi connectivity index (χ1v) is 12.2. The summed E-state index contributed by atoms with van der Waals surface area (Å²) in [6.07, 6.45) is 1.28. The van der Waals surface area contributed by atoms with Crippen LogP contribution in [0.15, 0.2) is 30.5 Å². The number of aromatic nitrogens is 1. The van der Waals surface area contributed by atoms with Gasteiger partial charge in [-0.15, -0.1) is 0 Å². The van der Waals surface area contributed by atoms with E-state index in [1.165, 1.54) is 0 Å². The molecule has 1 aromatic carbocycles. The number of carbonyl (C=O) groups excluding carboxylic acids is 3. The zero-order valence-electron chi connectivity index (χ0n) is 21.3. The smallest absolute Gasteiger partial charge is 0.326 e. The molecule has 4 atom stereocenters. The molecule has 9 N–H and O–H groups in total. The lowest BCUT2D eigenvalue weighted by Gasteiger charge is -2.25. The lowest BCUT2D eigenvalue weighted by atomic mass is 10.0. The molecule has 1 heterocycles. The highest BCUT2D eigenvalue weighted by Crippen LogP contribution is 2.19. The molecule has 0 radical (unpaired) electrons. The van der Waals surface area contributed by atoms with Crippen molar-refractivity contribution >= 4 is 40.6 Å². The number of aliphatic carboxylic acids is 2. The highest BCUT2D eigenvalue weighted by Gasteiger charge is 2.30. The molecule has 0 aliphatic rings. The molecule has 38 heavy (non-hydrogen) atoms. The molecule has 2 rings (SSSR count). The van der Waals surface area contributed by atoms with E-state index in [9.17, 15) is 34.2 Å². The minimum atomic E-state index is -1.53. The largest absolute Gasteiger partial charge is 0.481 e. The second-order valence-electron chi connectivity index (χ2n) is 9.44. The summed E-state index contributed by atoms with van der Waals surface area (Å²) >= 11 is 0. The van der Waals surface area contributed by atoms with Gasteiger partial charge in [0.15, 0.2) is 0 Å². The van der Waals surface area contributed by atoms with E-state index in [2.05, 4.69) is 20.9 Å². The van der Waals surface area contributed by atoms with Crippen LogP contribution in [0.3, 0.4) is 0 Å². The minimum absolute atomic E-state index is 0.0373. The molecule has 2 aromatic rings. The number of rotatable bonds is 15. The van der Waals surface area contributed by atoms with Crippen molar-refractivity contribution in [3.63, 3.8) is 0 Å². The predicted octanol–water partition coefficient (Wildman–Crippen LogP) is -0.520. The van der Waals surface area contributed by atoms with Gasteiger partial charge in [-0.2, -0.15) is 0 Å². The molecule has 1 aromatic heterocycles. The van der Waals surface area contributed by atoms with Crippen LogP contribution in [0.25, 0.3) is 10.9 Å². The highest BCUT2D eigenvalue weighted by molar-refractivity contribution is 5.94. The van der Waals surface area contributed by atoms with Crippen molar-refractivity contribution in [1.82, 2.24) is 20.9 Å². The van der Waals surface area contributed by atoms with Crippen molar-refractivity contribution in [2.75, 3.05) is 6.61 Å². The Morgan fingerprint density at radius 3 is 2.13 bits per heavy atom. The number of carboxylic acids is 2. The highest BCUT2D eigenvalue weighted by atomic mass is 16.4. The number of hydrogen-bond acceptors (Lipinski definition) is 7. The number of amides is 3. The van der Waals surface area contributed by atoms with Crippen LogP contribution in [0.1, 0.15) is 38.7 Å². The van der Waals surface area contributed by atoms with Gasteiger partial charge >= 0.3 is 11.9 Å². The van der Waals surface area contributed by atoms with Crippen molar-refractivity contribution in [1.29, 1.82) is 0 Å². The number of nitrogens with one attached hydrogen (secondary N) is 4. The molecule has 4 unspecified atom stereocenters. The van der Waals surface area contributed by atoms with Crippen molar-refractivity contribution < 1.29 is 39.3 Å². The van der Waals surface area contributed by atoms with Crippen molar-refractivity contribution in [2.45, 2.75) is 63.7 Å². The summed E-state index contributed by atoms with van der Waals surface area (Å²) in [6, 6.07) is 2.43. The van der Waals surface area contributed by atoms with Gasteiger partial charge in [-0.05, 0) is 36.8 Å². The quantitative estimate of drug-likeness (QED) is 0.147. The van der Waals surface area contributed by atoms with E-state index in [4.69, 9.17) is 10.8 Å². The summed E-state index contributed by atoms with van der Waals surface area (Å²) in [4.78, 5) is 63.6. The fourth-order valence-electron chi connectivity index (χ4n) is 3.88. The SMILES string of the molecule is CC(C)CC(NC(=O)C(N)Cc1c[nH]c2ccccc12)C(=O)NC(CO)C(=O)NC(CCC(=O)O)C(=O)O. The van der Waals surface area contributed by atoms with Crippen molar-refractivity contribution in [2.24, 2.45) is 11.7 Å². The third kappa shape index (κ3) is 8.85. The molecule has 208 valence electrons. The number of aliphatic hydroxyl groups is 1. The van der Waals surface area contributed by atoms with Crippen LogP contribution >= 0.6 is 0 Å². The normalized spacial score (nSPS) is 14.3. The van der Waals surface area contributed by atoms with Gasteiger partial charge < -0.3 is 42.0 Å². The number of benzene rings is 1. The Kier molecular flexibility index (Phi) is 11.2. The van der Waals surface area contributed by atoms with E-state index in [0.29, 0.717) is 0 Å². The summed E-state index contributed by atoms with van der Waals surface area (Å²) in [5.41, 5.74) is 7.86. The Hall–Kier alpha value is -3.97. The fraction of sp³-hybridized carbons (Fsp3) is 0.480. The van der Waals surface area contributed by atoms with E-state index < -0.39 is 66.9 Å². The minimum Gasteiger partial charge on any atom is -0.481 e. The zero-order chi connectivity index (χ0) is 28.4.